The summed E-state index contributed by atoms with van der Waals surface area (Å²) < 4.78 is 10.8. The molecule has 2 N–H and O–H groups in total. The predicted octanol–water partition coefficient (Wildman–Crippen LogP) is 13.3. The first-order valence-electron chi connectivity index (χ1n) is 17.7. The molecular formula is C36H62O4P2S4Zn. The Hall–Kier alpha value is 0.583. The summed E-state index contributed by atoms with van der Waals surface area (Å²) in [4.78, 5) is 19.2. The molecule has 2 aromatic rings. The largest absolute Gasteiger partial charge is 0.436 e. The summed E-state index contributed by atoms with van der Waals surface area (Å²) in [6.45, 7) is 4.52. The van der Waals surface area contributed by atoms with Crippen LogP contribution in [0.4, 0.5) is 0 Å². The van der Waals surface area contributed by atoms with E-state index in [1.54, 1.807) is 0 Å². The van der Waals surface area contributed by atoms with Gasteiger partial charge in [0, 0.05) is 19.5 Å². The molecule has 0 aliphatic carbocycles. The molecule has 4 nitrogen and oxygen atoms in total. The van der Waals surface area contributed by atoms with Gasteiger partial charge in [0.1, 0.15) is 11.5 Å². The molecule has 47 heavy (non-hydrogen) atoms. The second-order valence-corrected chi connectivity index (χ2v) is 22.4. The monoisotopic (exact) mass is 812 g/mol. The van der Waals surface area contributed by atoms with E-state index in [0.29, 0.717) is 11.5 Å². The second-order valence-electron chi connectivity index (χ2n) is 12.2. The van der Waals surface area contributed by atoms with Crippen LogP contribution < -0.4 is 9.05 Å². The number of hydrogen-bond donors (Lipinski definition) is 4. The summed E-state index contributed by atoms with van der Waals surface area (Å²) in [6.07, 6.45) is 28.6. The third kappa shape index (κ3) is 28.9. The zero-order chi connectivity index (χ0) is 33.9. The molecule has 0 saturated heterocycles. The van der Waals surface area contributed by atoms with Gasteiger partial charge in [0.2, 0.25) is 0 Å². The smallest absolute Gasteiger partial charge is 0.291 e. The van der Waals surface area contributed by atoms with Crippen LogP contribution in [0, 0.1) is 0 Å². The van der Waals surface area contributed by atoms with Crippen LogP contribution in [0.25, 0.3) is 0 Å². The molecular weight excluding hydrogens is 752 g/mol. The van der Waals surface area contributed by atoms with E-state index in [0.717, 1.165) is 36.8 Å². The third-order valence-corrected chi connectivity index (χ3v) is 9.79. The SMILES string of the molecule is CCCCCCCCCCCCc1ccccc1OP(O)(=S)S.CCCCCCCCCCCCc1ccccc1OP(O)(=S)S.[Zn]. The summed E-state index contributed by atoms with van der Waals surface area (Å²) in [6, 6.07) is 15.6. The normalized spacial score (nSPS) is 13.4. The van der Waals surface area contributed by atoms with Crippen LogP contribution in [0.1, 0.15) is 153 Å². The Morgan fingerprint density at radius 3 is 1.02 bits per heavy atom. The first kappa shape index (κ1) is 47.6. The van der Waals surface area contributed by atoms with Crippen molar-refractivity contribution in [2.75, 3.05) is 0 Å². The maximum atomic E-state index is 9.61. The molecule has 0 bridgehead atoms. The van der Waals surface area contributed by atoms with Crippen LogP contribution in [-0.4, -0.2) is 9.79 Å². The van der Waals surface area contributed by atoms with Crippen LogP contribution in [0.3, 0.4) is 0 Å². The Balaban J connectivity index is 0.000000882. The van der Waals surface area contributed by atoms with Gasteiger partial charge in [-0.25, -0.2) is 0 Å². The molecule has 0 saturated carbocycles. The van der Waals surface area contributed by atoms with Crippen LogP contribution >= 0.6 is 35.9 Å². The number of thiol groups is 2. The van der Waals surface area contributed by atoms with Gasteiger partial charge >= 0.3 is 0 Å². The minimum absolute atomic E-state index is 0. The predicted molar refractivity (Wildman–Crippen MR) is 216 cm³/mol. The van der Waals surface area contributed by atoms with Crippen molar-refractivity contribution in [1.82, 2.24) is 0 Å². The van der Waals surface area contributed by atoms with Gasteiger partial charge in [-0.05, 0) is 72.6 Å². The number of aryl methyl sites for hydroxylation is 2. The number of hydrogen-bond acceptors (Lipinski definition) is 4. The van der Waals surface area contributed by atoms with Gasteiger partial charge in [-0.1, -0.05) is 190 Å². The fraction of sp³-hybridized carbons (Fsp3) is 0.667. The zero-order valence-corrected chi connectivity index (χ0v) is 37.4. The van der Waals surface area contributed by atoms with Crippen LogP contribution in [-0.2, 0) is 55.9 Å². The van der Waals surface area contributed by atoms with Gasteiger partial charge in [-0.2, -0.15) is 0 Å². The number of unbranched alkanes of at least 4 members (excludes halogenated alkanes) is 18. The molecule has 0 heterocycles. The van der Waals surface area contributed by atoms with Crippen molar-refractivity contribution in [1.29, 1.82) is 0 Å². The van der Waals surface area contributed by atoms with Gasteiger partial charge in [0.25, 0.3) is 11.4 Å². The Kier molecular flexibility index (Phi) is 30.6. The number of benzene rings is 2. The molecule has 2 rings (SSSR count). The molecule has 11 heteroatoms. The van der Waals surface area contributed by atoms with Crippen LogP contribution in [0.15, 0.2) is 48.5 Å². The molecule has 266 valence electrons. The van der Waals surface area contributed by atoms with Crippen molar-refractivity contribution < 1.29 is 38.3 Å². The molecule has 0 radical (unpaired) electrons. The minimum Gasteiger partial charge on any atom is -0.436 e. The van der Waals surface area contributed by atoms with Gasteiger partial charge in [0.15, 0.2) is 0 Å². The third-order valence-electron chi connectivity index (χ3n) is 7.98. The quantitative estimate of drug-likeness (QED) is 0.0329. The molecule has 0 amide bonds. The summed E-state index contributed by atoms with van der Waals surface area (Å²) in [5.41, 5.74) is -3.67. The standard InChI is InChI=1S/2C18H31O2PS2.Zn/c2*1-2-3-4-5-6-7-8-9-10-11-14-17-15-12-13-16-18(17)20-21(19,22)23;/h2*12-13,15-16H,2-11,14H2,1H3,(H2,19,22,23);. The van der Waals surface area contributed by atoms with Gasteiger partial charge in [-0.15, -0.1) is 0 Å². The summed E-state index contributed by atoms with van der Waals surface area (Å²) >= 11 is 17.6. The fourth-order valence-electron chi connectivity index (χ4n) is 5.46. The van der Waals surface area contributed by atoms with Crippen LogP contribution in [0.5, 0.6) is 11.5 Å². The molecule has 0 aromatic heterocycles. The second kappa shape index (κ2) is 30.2. The van der Waals surface area contributed by atoms with Crippen molar-refractivity contribution in [2.24, 2.45) is 0 Å². The number of para-hydroxylation sites is 2. The summed E-state index contributed by atoms with van der Waals surface area (Å²) in [5.74, 6) is 1.37. The fourth-order valence-corrected chi connectivity index (χ4v) is 7.34. The molecule has 0 aliphatic heterocycles. The van der Waals surface area contributed by atoms with Gasteiger partial charge in [-0.3, -0.25) is 0 Å². The minimum atomic E-state index is -2.95. The van der Waals surface area contributed by atoms with E-state index in [-0.39, 0.29) is 19.5 Å². The number of rotatable bonds is 26. The van der Waals surface area contributed by atoms with E-state index in [1.807, 2.05) is 48.5 Å². The topological polar surface area (TPSA) is 58.9 Å². The molecule has 0 aliphatic rings. The average Bonchev–Trinajstić information content (AvgIpc) is 2.99. The van der Waals surface area contributed by atoms with Crippen molar-refractivity contribution in [2.45, 2.75) is 155 Å². The molecule has 2 aromatic carbocycles. The van der Waals surface area contributed by atoms with Crippen molar-refractivity contribution >= 4 is 59.5 Å². The van der Waals surface area contributed by atoms with Crippen molar-refractivity contribution in [3.05, 3.63) is 59.7 Å². The van der Waals surface area contributed by atoms with E-state index in [2.05, 4.69) is 38.3 Å². The molecule has 2 atom stereocenters. The van der Waals surface area contributed by atoms with E-state index >= 15 is 0 Å². The summed E-state index contributed by atoms with van der Waals surface area (Å²) in [5, 5.41) is 0. The van der Waals surface area contributed by atoms with E-state index in [1.165, 1.54) is 116 Å². The van der Waals surface area contributed by atoms with Crippen LogP contribution in [0.2, 0.25) is 0 Å². The molecule has 2 unspecified atom stereocenters. The molecule has 0 spiro atoms. The Morgan fingerprint density at radius 1 is 0.489 bits per heavy atom. The first-order chi connectivity index (χ1) is 22.1. The average molecular weight is 814 g/mol. The van der Waals surface area contributed by atoms with E-state index < -0.39 is 11.4 Å². The van der Waals surface area contributed by atoms with Crippen molar-refractivity contribution in [3.8, 4) is 11.5 Å². The van der Waals surface area contributed by atoms with E-state index in [9.17, 15) is 9.79 Å². The van der Waals surface area contributed by atoms with Gasteiger partial charge in [0.05, 0.1) is 0 Å². The zero-order valence-electron chi connectivity index (χ0n) is 29.2. The molecule has 0 fully saturated rings. The maximum Gasteiger partial charge on any atom is 0.291 e. The maximum absolute atomic E-state index is 9.61. The Labute approximate surface area is 321 Å². The Bertz CT molecular complexity index is 1040. The van der Waals surface area contributed by atoms with E-state index in [4.69, 9.17) is 32.7 Å². The summed E-state index contributed by atoms with van der Waals surface area (Å²) in [7, 11) is 0. The van der Waals surface area contributed by atoms with Gasteiger partial charge < -0.3 is 18.8 Å². The van der Waals surface area contributed by atoms with Crippen molar-refractivity contribution in [3.63, 3.8) is 0 Å². The first-order valence-corrected chi connectivity index (χ1v) is 25.4. The Morgan fingerprint density at radius 2 is 0.745 bits per heavy atom.